The zero-order chi connectivity index (χ0) is 10.9. The van der Waals surface area contributed by atoms with Crippen molar-refractivity contribution in [3.63, 3.8) is 0 Å². The molecule has 2 heterocycles. The Labute approximate surface area is 89.5 Å². The Morgan fingerprint density at radius 2 is 2.33 bits per heavy atom. The second-order valence-corrected chi connectivity index (χ2v) is 4.27. The van der Waals surface area contributed by atoms with Crippen LogP contribution >= 0.6 is 0 Å². The van der Waals surface area contributed by atoms with E-state index in [0.29, 0.717) is 13.2 Å². The minimum absolute atomic E-state index is 0.0995. The lowest BCUT2D eigenvalue weighted by atomic mass is 9.76. The van der Waals surface area contributed by atoms with Crippen molar-refractivity contribution in [2.45, 2.75) is 6.04 Å². The van der Waals surface area contributed by atoms with Crippen molar-refractivity contribution in [1.82, 2.24) is 9.88 Å². The number of ether oxygens (including phenoxy) is 1. The van der Waals surface area contributed by atoms with Crippen LogP contribution in [0.5, 0.6) is 0 Å². The topological polar surface area (TPSA) is 52.0 Å². The van der Waals surface area contributed by atoms with E-state index in [1.807, 2.05) is 32.6 Å². The SMILES string of the molecule is CN(C)C(c1cc[nH]c1)C1(C#N)COC1. The fraction of sp³-hybridized carbons (Fsp3) is 0.545. The van der Waals surface area contributed by atoms with Gasteiger partial charge >= 0.3 is 0 Å². The van der Waals surface area contributed by atoms with Crippen molar-refractivity contribution in [3.05, 3.63) is 24.0 Å². The summed E-state index contributed by atoms with van der Waals surface area (Å²) in [5, 5.41) is 9.29. The highest BCUT2D eigenvalue weighted by Crippen LogP contribution is 2.42. The van der Waals surface area contributed by atoms with E-state index in [4.69, 9.17) is 4.74 Å². The third-order valence-electron chi connectivity index (χ3n) is 2.92. The average molecular weight is 205 g/mol. The Morgan fingerprint density at radius 1 is 1.60 bits per heavy atom. The molecule has 1 aromatic rings. The van der Waals surface area contributed by atoms with Crippen LogP contribution in [0.2, 0.25) is 0 Å². The molecule has 1 fully saturated rings. The fourth-order valence-electron chi connectivity index (χ4n) is 2.22. The maximum atomic E-state index is 9.29. The van der Waals surface area contributed by atoms with Crippen LogP contribution in [0.1, 0.15) is 11.6 Å². The summed E-state index contributed by atoms with van der Waals surface area (Å²) < 4.78 is 5.20. The molecule has 1 aliphatic heterocycles. The standard InChI is InChI=1S/C11H15N3O/c1-14(2)10(9-3-4-13-5-9)11(6-12)7-15-8-11/h3-5,10,13H,7-8H2,1-2H3. The van der Waals surface area contributed by atoms with Crippen molar-refractivity contribution in [2.24, 2.45) is 5.41 Å². The lowest BCUT2D eigenvalue weighted by molar-refractivity contribution is -0.115. The smallest absolute Gasteiger partial charge is 0.123 e. The normalized spacial score (nSPS) is 20.7. The molecule has 80 valence electrons. The molecular weight excluding hydrogens is 190 g/mol. The number of hydrogen-bond donors (Lipinski definition) is 1. The Morgan fingerprint density at radius 3 is 2.67 bits per heavy atom. The molecule has 0 bridgehead atoms. The first kappa shape index (κ1) is 10.2. The molecule has 0 amide bonds. The molecule has 1 N–H and O–H groups in total. The minimum atomic E-state index is -0.383. The lowest BCUT2D eigenvalue weighted by Crippen LogP contribution is -2.50. The maximum absolute atomic E-state index is 9.29. The van der Waals surface area contributed by atoms with Crippen molar-refractivity contribution in [1.29, 1.82) is 5.26 Å². The van der Waals surface area contributed by atoms with Crippen LogP contribution in [0.15, 0.2) is 18.5 Å². The Hall–Kier alpha value is -1.31. The van der Waals surface area contributed by atoms with E-state index in [1.165, 1.54) is 0 Å². The monoisotopic (exact) mass is 205 g/mol. The molecular formula is C11H15N3O. The van der Waals surface area contributed by atoms with Gasteiger partial charge in [0.25, 0.3) is 0 Å². The van der Waals surface area contributed by atoms with E-state index < -0.39 is 0 Å². The number of aromatic amines is 1. The first-order chi connectivity index (χ1) is 7.19. The summed E-state index contributed by atoms with van der Waals surface area (Å²) in [6.45, 7) is 1.05. The molecule has 4 heteroatoms. The predicted octanol–water partition coefficient (Wildman–Crippen LogP) is 1.16. The van der Waals surface area contributed by atoms with Gasteiger partial charge in [-0.15, -0.1) is 0 Å². The molecule has 1 unspecified atom stereocenters. The van der Waals surface area contributed by atoms with Gasteiger partial charge in [-0.2, -0.15) is 5.26 Å². The highest BCUT2D eigenvalue weighted by molar-refractivity contribution is 5.24. The zero-order valence-electron chi connectivity index (χ0n) is 9.03. The zero-order valence-corrected chi connectivity index (χ0v) is 9.03. The molecule has 1 saturated heterocycles. The maximum Gasteiger partial charge on any atom is 0.123 e. The van der Waals surface area contributed by atoms with Crippen LogP contribution in [0.3, 0.4) is 0 Å². The summed E-state index contributed by atoms with van der Waals surface area (Å²) in [7, 11) is 3.99. The van der Waals surface area contributed by atoms with Gasteiger partial charge in [-0.3, -0.25) is 0 Å². The van der Waals surface area contributed by atoms with Gasteiger partial charge in [-0.25, -0.2) is 0 Å². The molecule has 1 atom stereocenters. The third kappa shape index (κ3) is 1.54. The first-order valence-corrected chi connectivity index (χ1v) is 4.98. The molecule has 1 aliphatic rings. The molecule has 0 aliphatic carbocycles. The van der Waals surface area contributed by atoms with Gasteiger partial charge < -0.3 is 14.6 Å². The Bertz CT molecular complexity index is 360. The minimum Gasteiger partial charge on any atom is -0.378 e. The van der Waals surface area contributed by atoms with Crippen molar-refractivity contribution >= 4 is 0 Å². The van der Waals surface area contributed by atoms with Gasteiger partial charge in [-0.1, -0.05) is 0 Å². The summed E-state index contributed by atoms with van der Waals surface area (Å²) in [4.78, 5) is 5.11. The number of nitrogens with zero attached hydrogens (tertiary/aromatic N) is 2. The molecule has 15 heavy (non-hydrogen) atoms. The molecule has 0 aromatic carbocycles. The molecule has 0 spiro atoms. The first-order valence-electron chi connectivity index (χ1n) is 4.98. The van der Waals surface area contributed by atoms with Crippen LogP contribution < -0.4 is 0 Å². The number of nitriles is 1. The van der Waals surface area contributed by atoms with E-state index in [9.17, 15) is 5.26 Å². The van der Waals surface area contributed by atoms with Gasteiger partial charge in [0.2, 0.25) is 0 Å². The number of hydrogen-bond acceptors (Lipinski definition) is 3. The summed E-state index contributed by atoms with van der Waals surface area (Å²) in [5.74, 6) is 0. The third-order valence-corrected chi connectivity index (χ3v) is 2.92. The van der Waals surface area contributed by atoms with E-state index in [-0.39, 0.29) is 11.5 Å². The number of H-pyrrole nitrogens is 1. The highest BCUT2D eigenvalue weighted by Gasteiger charge is 2.48. The van der Waals surface area contributed by atoms with E-state index in [2.05, 4.69) is 16.0 Å². The van der Waals surface area contributed by atoms with Crippen LogP contribution in [0.4, 0.5) is 0 Å². The van der Waals surface area contributed by atoms with Gasteiger partial charge in [0.05, 0.1) is 25.3 Å². The number of rotatable bonds is 3. The van der Waals surface area contributed by atoms with E-state index in [1.54, 1.807) is 0 Å². The number of aromatic nitrogens is 1. The summed E-state index contributed by atoms with van der Waals surface area (Å²) in [6, 6.07) is 4.52. The quantitative estimate of drug-likeness (QED) is 0.805. The Balaban J connectivity index is 2.32. The van der Waals surface area contributed by atoms with Crippen LogP contribution in [0.25, 0.3) is 0 Å². The van der Waals surface area contributed by atoms with E-state index >= 15 is 0 Å². The van der Waals surface area contributed by atoms with E-state index in [0.717, 1.165) is 5.56 Å². The molecule has 1 aromatic heterocycles. The van der Waals surface area contributed by atoms with Gasteiger partial charge in [0.15, 0.2) is 0 Å². The van der Waals surface area contributed by atoms with Gasteiger partial charge in [0, 0.05) is 12.4 Å². The molecule has 0 saturated carbocycles. The molecule has 2 rings (SSSR count). The number of nitrogens with one attached hydrogen (secondary N) is 1. The fourth-order valence-corrected chi connectivity index (χ4v) is 2.22. The summed E-state index contributed by atoms with van der Waals surface area (Å²) >= 11 is 0. The van der Waals surface area contributed by atoms with Crippen molar-refractivity contribution in [3.8, 4) is 6.07 Å². The van der Waals surface area contributed by atoms with Gasteiger partial charge in [0.1, 0.15) is 5.41 Å². The van der Waals surface area contributed by atoms with Crippen LogP contribution in [0, 0.1) is 16.7 Å². The lowest BCUT2D eigenvalue weighted by Gasteiger charge is -2.44. The second kappa shape index (κ2) is 3.69. The largest absolute Gasteiger partial charge is 0.378 e. The Kier molecular flexibility index (Phi) is 2.51. The van der Waals surface area contributed by atoms with Crippen molar-refractivity contribution in [2.75, 3.05) is 27.3 Å². The average Bonchev–Trinajstić information content (AvgIpc) is 2.62. The van der Waals surface area contributed by atoms with Crippen molar-refractivity contribution < 1.29 is 4.74 Å². The van der Waals surface area contributed by atoms with Crippen LogP contribution in [-0.4, -0.2) is 37.2 Å². The second-order valence-electron chi connectivity index (χ2n) is 4.27. The molecule has 4 nitrogen and oxygen atoms in total. The summed E-state index contributed by atoms with van der Waals surface area (Å²) in [6.07, 6.45) is 3.83. The predicted molar refractivity (Wildman–Crippen MR) is 56.1 cm³/mol. The highest BCUT2D eigenvalue weighted by atomic mass is 16.5. The van der Waals surface area contributed by atoms with Gasteiger partial charge in [-0.05, 0) is 25.7 Å². The summed E-state index contributed by atoms with van der Waals surface area (Å²) in [5.41, 5.74) is 0.760. The van der Waals surface area contributed by atoms with Crippen LogP contribution in [-0.2, 0) is 4.74 Å². The molecule has 0 radical (unpaired) electrons.